The van der Waals surface area contributed by atoms with E-state index in [-0.39, 0.29) is 17.4 Å². The Morgan fingerprint density at radius 3 is 2.62 bits per heavy atom. The van der Waals surface area contributed by atoms with E-state index >= 15 is 0 Å². The normalized spacial score (nSPS) is 19.8. The lowest BCUT2D eigenvalue weighted by molar-refractivity contribution is 0.0262. The van der Waals surface area contributed by atoms with Gasteiger partial charge in [0.25, 0.3) is 0 Å². The zero-order valence-corrected chi connectivity index (χ0v) is 18.8. The van der Waals surface area contributed by atoms with Crippen molar-refractivity contribution in [3.63, 3.8) is 0 Å². The summed E-state index contributed by atoms with van der Waals surface area (Å²) in [6, 6.07) is 18.6. The van der Waals surface area contributed by atoms with Gasteiger partial charge in [0.15, 0.2) is 5.89 Å². The number of likely N-dealkylation sites (tertiary alicyclic amines) is 2. The van der Waals surface area contributed by atoms with Gasteiger partial charge >= 0.3 is 6.03 Å². The number of carbonyl (C=O) groups excluding carboxylic acids is 1. The molecular formula is C26H30N4O2. The van der Waals surface area contributed by atoms with Crippen LogP contribution >= 0.6 is 0 Å². The summed E-state index contributed by atoms with van der Waals surface area (Å²) in [6.07, 6.45) is 2.75. The lowest BCUT2D eigenvalue weighted by Crippen LogP contribution is -2.62. The van der Waals surface area contributed by atoms with Crippen LogP contribution in [0.1, 0.15) is 35.6 Å². The van der Waals surface area contributed by atoms with Crippen LogP contribution in [0, 0.1) is 12.3 Å². The van der Waals surface area contributed by atoms with Crippen LogP contribution in [0.2, 0.25) is 0 Å². The van der Waals surface area contributed by atoms with Crippen LogP contribution in [0.5, 0.6) is 0 Å². The second-order valence-electron chi connectivity index (χ2n) is 9.22. The molecule has 2 saturated heterocycles. The van der Waals surface area contributed by atoms with E-state index in [1.165, 1.54) is 11.1 Å². The van der Waals surface area contributed by atoms with Crippen LogP contribution in [0.3, 0.4) is 0 Å². The van der Waals surface area contributed by atoms with Gasteiger partial charge in [-0.3, -0.25) is 4.90 Å². The van der Waals surface area contributed by atoms with E-state index in [0.717, 1.165) is 43.4 Å². The highest BCUT2D eigenvalue weighted by atomic mass is 16.4. The number of nitrogens with zero attached hydrogens (tertiary/aromatic N) is 3. The number of benzene rings is 2. The van der Waals surface area contributed by atoms with Gasteiger partial charge in [0.2, 0.25) is 0 Å². The highest BCUT2D eigenvalue weighted by Gasteiger charge is 2.57. The molecule has 0 saturated carbocycles. The quantitative estimate of drug-likeness (QED) is 0.639. The molecule has 2 aliphatic rings. The molecule has 3 aromatic rings. The number of rotatable bonds is 5. The first-order valence-corrected chi connectivity index (χ1v) is 11.4. The summed E-state index contributed by atoms with van der Waals surface area (Å²) in [7, 11) is 0. The number of hydrogen-bond donors (Lipinski definition) is 1. The smallest absolute Gasteiger partial charge is 0.321 e. The standard InChI is InChI=1S/C26H30N4O2/c1-3-20-10-7-11-22(12-20)28-25(31)30-17-26(18-30)16-29(14-21-8-5-4-6-9-21)15-23(26)24-27-13-19(2)32-24/h4-13,23H,3,14-18H2,1-2H3,(H,28,31). The molecule has 1 atom stereocenters. The molecule has 5 rings (SSSR count). The van der Waals surface area contributed by atoms with Gasteiger partial charge < -0.3 is 14.6 Å². The van der Waals surface area contributed by atoms with Crippen LogP contribution < -0.4 is 5.32 Å². The number of aromatic nitrogens is 1. The topological polar surface area (TPSA) is 61.6 Å². The Kier molecular flexibility index (Phi) is 5.47. The second-order valence-corrected chi connectivity index (χ2v) is 9.22. The average Bonchev–Trinajstić information content (AvgIpc) is 3.37. The molecule has 0 aliphatic carbocycles. The lowest BCUT2D eigenvalue weighted by atomic mass is 9.71. The maximum Gasteiger partial charge on any atom is 0.321 e. The molecule has 166 valence electrons. The van der Waals surface area contributed by atoms with Gasteiger partial charge in [0, 0.05) is 43.8 Å². The number of amides is 2. The third kappa shape index (κ3) is 4.02. The number of hydrogen-bond acceptors (Lipinski definition) is 4. The molecule has 1 unspecified atom stereocenters. The molecule has 1 aromatic heterocycles. The summed E-state index contributed by atoms with van der Waals surface area (Å²) in [5.74, 6) is 1.82. The zero-order chi connectivity index (χ0) is 22.1. The number of carbonyl (C=O) groups is 1. The molecule has 6 heteroatoms. The Morgan fingerprint density at radius 2 is 1.91 bits per heavy atom. The fourth-order valence-corrected chi connectivity index (χ4v) is 5.16. The summed E-state index contributed by atoms with van der Waals surface area (Å²) in [4.78, 5) is 21.9. The van der Waals surface area contributed by atoms with Crippen LogP contribution in [0.25, 0.3) is 0 Å². The molecule has 3 heterocycles. The van der Waals surface area contributed by atoms with Gasteiger partial charge in [-0.15, -0.1) is 0 Å². The summed E-state index contributed by atoms with van der Waals surface area (Å²) in [6.45, 7) is 8.20. The average molecular weight is 431 g/mol. The third-order valence-electron chi connectivity index (χ3n) is 6.79. The monoisotopic (exact) mass is 430 g/mol. The van der Waals surface area contributed by atoms with Gasteiger partial charge in [0.1, 0.15) is 5.76 Å². The van der Waals surface area contributed by atoms with Gasteiger partial charge in [-0.05, 0) is 36.6 Å². The minimum atomic E-state index is -0.0345. The minimum absolute atomic E-state index is 0.0192. The Hall–Kier alpha value is -3.12. The molecular weight excluding hydrogens is 400 g/mol. The van der Waals surface area contributed by atoms with E-state index in [0.29, 0.717) is 13.1 Å². The molecule has 6 nitrogen and oxygen atoms in total. The van der Waals surface area contributed by atoms with Crippen LogP contribution in [0.4, 0.5) is 10.5 Å². The minimum Gasteiger partial charge on any atom is -0.446 e. The van der Waals surface area contributed by atoms with Crippen LogP contribution in [-0.2, 0) is 13.0 Å². The summed E-state index contributed by atoms with van der Waals surface area (Å²) in [5, 5.41) is 3.07. The van der Waals surface area contributed by atoms with Gasteiger partial charge in [-0.25, -0.2) is 9.78 Å². The predicted octanol–water partition coefficient (Wildman–Crippen LogP) is 4.68. The molecule has 2 aliphatic heterocycles. The van der Waals surface area contributed by atoms with Crippen molar-refractivity contribution in [1.82, 2.24) is 14.8 Å². The van der Waals surface area contributed by atoms with E-state index in [9.17, 15) is 4.79 Å². The first kappa shape index (κ1) is 20.8. The van der Waals surface area contributed by atoms with E-state index in [2.05, 4.69) is 52.5 Å². The van der Waals surface area contributed by atoms with Crippen molar-refractivity contribution >= 4 is 11.7 Å². The largest absolute Gasteiger partial charge is 0.446 e. The summed E-state index contributed by atoms with van der Waals surface area (Å²) < 4.78 is 5.96. The maximum absolute atomic E-state index is 12.9. The molecule has 2 fully saturated rings. The highest BCUT2D eigenvalue weighted by Crippen LogP contribution is 2.49. The molecule has 2 amide bonds. The van der Waals surface area contributed by atoms with Crippen molar-refractivity contribution in [3.05, 3.63) is 83.6 Å². The summed E-state index contributed by atoms with van der Waals surface area (Å²) in [5.41, 5.74) is 3.35. The highest BCUT2D eigenvalue weighted by molar-refractivity contribution is 5.90. The SMILES string of the molecule is CCc1cccc(NC(=O)N2CC3(CN(Cc4ccccc4)CC3c3ncc(C)o3)C2)c1. The first-order valence-electron chi connectivity index (χ1n) is 11.4. The molecule has 2 aromatic carbocycles. The van der Waals surface area contributed by atoms with Crippen molar-refractivity contribution in [3.8, 4) is 0 Å². The van der Waals surface area contributed by atoms with E-state index < -0.39 is 0 Å². The number of urea groups is 1. The van der Waals surface area contributed by atoms with Crippen molar-refractivity contribution in [2.24, 2.45) is 5.41 Å². The number of anilines is 1. The third-order valence-corrected chi connectivity index (χ3v) is 6.79. The Bertz CT molecular complexity index is 1090. The van der Waals surface area contributed by atoms with Gasteiger partial charge in [-0.2, -0.15) is 0 Å². The van der Waals surface area contributed by atoms with Crippen molar-refractivity contribution in [2.75, 3.05) is 31.5 Å². The first-order chi connectivity index (χ1) is 15.5. The Labute approximate surface area is 189 Å². The van der Waals surface area contributed by atoms with E-state index in [4.69, 9.17) is 4.42 Å². The summed E-state index contributed by atoms with van der Waals surface area (Å²) >= 11 is 0. The number of aryl methyl sites for hydroxylation is 2. The molecule has 0 radical (unpaired) electrons. The second kappa shape index (κ2) is 8.43. The maximum atomic E-state index is 12.9. The van der Waals surface area contributed by atoms with Crippen molar-refractivity contribution in [2.45, 2.75) is 32.7 Å². The Balaban J connectivity index is 1.29. The fourth-order valence-electron chi connectivity index (χ4n) is 5.16. The molecule has 1 spiro atoms. The fraction of sp³-hybridized carbons (Fsp3) is 0.385. The van der Waals surface area contributed by atoms with E-state index in [1.54, 1.807) is 6.20 Å². The number of nitrogens with one attached hydrogen (secondary N) is 1. The molecule has 32 heavy (non-hydrogen) atoms. The van der Waals surface area contributed by atoms with E-state index in [1.807, 2.05) is 36.1 Å². The number of oxazole rings is 1. The van der Waals surface area contributed by atoms with Crippen LogP contribution in [-0.4, -0.2) is 47.0 Å². The van der Waals surface area contributed by atoms with Crippen molar-refractivity contribution < 1.29 is 9.21 Å². The Morgan fingerprint density at radius 1 is 1.12 bits per heavy atom. The van der Waals surface area contributed by atoms with Crippen molar-refractivity contribution in [1.29, 1.82) is 0 Å². The molecule has 0 bridgehead atoms. The van der Waals surface area contributed by atoms with Gasteiger partial charge in [-0.1, -0.05) is 49.4 Å². The van der Waals surface area contributed by atoms with Crippen LogP contribution in [0.15, 0.2) is 65.2 Å². The van der Waals surface area contributed by atoms with Gasteiger partial charge in [0.05, 0.1) is 12.1 Å². The predicted molar refractivity (Wildman–Crippen MR) is 125 cm³/mol. The lowest BCUT2D eigenvalue weighted by Gasteiger charge is -2.50. The molecule has 1 N–H and O–H groups in total. The zero-order valence-electron chi connectivity index (χ0n) is 18.8.